The molecule has 1 saturated heterocycles. The normalized spacial score (nSPS) is 30.2. The maximum Gasteiger partial charge on any atom is 0.0807 e. The highest BCUT2D eigenvalue weighted by Crippen LogP contribution is 2.34. The molecule has 0 saturated carbocycles. The first-order valence-corrected chi connectivity index (χ1v) is 6.76. The van der Waals surface area contributed by atoms with Gasteiger partial charge in [-0.15, -0.1) is 0 Å². The highest BCUT2D eigenvalue weighted by molar-refractivity contribution is 5.28. The maximum atomic E-state index is 9.98. The largest absolute Gasteiger partial charge is 0.388 e. The third-order valence-corrected chi connectivity index (χ3v) is 4.25. The van der Waals surface area contributed by atoms with Crippen LogP contribution in [0.15, 0.2) is 12.3 Å². The molecule has 94 valence electrons. The van der Waals surface area contributed by atoms with Crippen LogP contribution in [0.5, 0.6) is 0 Å². The minimum absolute atomic E-state index is 0.253. The molecule has 1 aliphatic heterocycles. The Balaban J connectivity index is 1.87. The van der Waals surface area contributed by atoms with Gasteiger partial charge in [-0.05, 0) is 45.1 Å². The lowest BCUT2D eigenvalue weighted by molar-refractivity contribution is 0.0717. The van der Waals surface area contributed by atoms with Crippen molar-refractivity contribution in [1.82, 2.24) is 4.57 Å². The first kappa shape index (κ1) is 11.3. The van der Waals surface area contributed by atoms with E-state index in [1.807, 2.05) is 0 Å². The monoisotopic (exact) mass is 235 g/mol. The molecule has 1 aliphatic carbocycles. The van der Waals surface area contributed by atoms with Crippen molar-refractivity contribution >= 4 is 0 Å². The van der Waals surface area contributed by atoms with Crippen molar-refractivity contribution in [1.29, 1.82) is 0 Å². The second-order valence-corrected chi connectivity index (χ2v) is 5.33. The SMILES string of the molecule is CC(C1CCCO1)n1ccc2c1CCCC2O. The quantitative estimate of drug-likeness (QED) is 0.855. The summed E-state index contributed by atoms with van der Waals surface area (Å²) in [7, 11) is 0. The van der Waals surface area contributed by atoms with E-state index in [1.54, 1.807) is 0 Å². The molecule has 3 heteroatoms. The Bertz CT molecular complexity index is 393. The average Bonchev–Trinajstić information content (AvgIpc) is 2.98. The summed E-state index contributed by atoms with van der Waals surface area (Å²) in [6.45, 7) is 3.14. The Morgan fingerprint density at radius 1 is 1.41 bits per heavy atom. The van der Waals surface area contributed by atoms with Crippen molar-refractivity contribution in [2.75, 3.05) is 6.61 Å². The zero-order valence-electron chi connectivity index (χ0n) is 10.4. The van der Waals surface area contributed by atoms with Gasteiger partial charge in [0.25, 0.3) is 0 Å². The first-order chi connectivity index (χ1) is 8.27. The van der Waals surface area contributed by atoms with Crippen LogP contribution in [0.2, 0.25) is 0 Å². The second-order valence-electron chi connectivity index (χ2n) is 5.33. The number of nitrogens with zero attached hydrogens (tertiary/aromatic N) is 1. The van der Waals surface area contributed by atoms with Crippen LogP contribution >= 0.6 is 0 Å². The summed E-state index contributed by atoms with van der Waals surface area (Å²) in [5.41, 5.74) is 2.47. The minimum Gasteiger partial charge on any atom is -0.388 e. The summed E-state index contributed by atoms with van der Waals surface area (Å²) < 4.78 is 8.10. The van der Waals surface area contributed by atoms with Crippen LogP contribution in [0.4, 0.5) is 0 Å². The second kappa shape index (κ2) is 4.46. The van der Waals surface area contributed by atoms with Crippen LogP contribution in [0, 0.1) is 0 Å². The Morgan fingerprint density at radius 3 is 3.06 bits per heavy atom. The van der Waals surface area contributed by atoms with E-state index in [-0.39, 0.29) is 6.10 Å². The van der Waals surface area contributed by atoms with E-state index in [0.717, 1.165) is 37.9 Å². The van der Waals surface area contributed by atoms with Crippen molar-refractivity contribution in [3.8, 4) is 0 Å². The van der Waals surface area contributed by atoms with Gasteiger partial charge in [0.2, 0.25) is 0 Å². The van der Waals surface area contributed by atoms with Gasteiger partial charge in [0.1, 0.15) is 0 Å². The van der Waals surface area contributed by atoms with Crippen LogP contribution in [0.25, 0.3) is 0 Å². The number of aromatic nitrogens is 1. The minimum atomic E-state index is -0.253. The number of aliphatic hydroxyl groups is 1. The van der Waals surface area contributed by atoms with E-state index in [1.165, 1.54) is 12.1 Å². The lowest BCUT2D eigenvalue weighted by Crippen LogP contribution is -2.23. The molecule has 17 heavy (non-hydrogen) atoms. The van der Waals surface area contributed by atoms with E-state index < -0.39 is 0 Å². The Hall–Kier alpha value is -0.800. The van der Waals surface area contributed by atoms with E-state index >= 15 is 0 Å². The fraction of sp³-hybridized carbons (Fsp3) is 0.714. The summed E-state index contributed by atoms with van der Waals surface area (Å²) >= 11 is 0. The molecular weight excluding hydrogens is 214 g/mol. The highest BCUT2D eigenvalue weighted by atomic mass is 16.5. The third-order valence-electron chi connectivity index (χ3n) is 4.25. The molecule has 0 amide bonds. The Morgan fingerprint density at radius 2 is 2.29 bits per heavy atom. The summed E-state index contributed by atoms with van der Waals surface area (Å²) in [5.74, 6) is 0. The third kappa shape index (κ3) is 1.91. The predicted molar refractivity (Wildman–Crippen MR) is 66.0 cm³/mol. The summed E-state index contributed by atoms with van der Waals surface area (Å²) in [5, 5.41) is 9.98. The number of hydrogen-bond acceptors (Lipinski definition) is 2. The van der Waals surface area contributed by atoms with Gasteiger partial charge in [-0.1, -0.05) is 0 Å². The Labute approximate surface area is 102 Å². The first-order valence-electron chi connectivity index (χ1n) is 6.76. The smallest absolute Gasteiger partial charge is 0.0807 e. The van der Waals surface area contributed by atoms with Crippen molar-refractivity contribution < 1.29 is 9.84 Å². The number of rotatable bonds is 2. The summed E-state index contributed by atoms with van der Waals surface area (Å²) in [6, 6.07) is 2.48. The van der Waals surface area contributed by atoms with Gasteiger partial charge in [0.15, 0.2) is 0 Å². The lowest BCUT2D eigenvalue weighted by Gasteiger charge is -2.26. The van der Waals surface area contributed by atoms with Gasteiger partial charge in [-0.25, -0.2) is 0 Å². The van der Waals surface area contributed by atoms with E-state index in [2.05, 4.69) is 23.8 Å². The fourth-order valence-corrected chi connectivity index (χ4v) is 3.23. The molecule has 1 aromatic heterocycles. The molecule has 1 fully saturated rings. The van der Waals surface area contributed by atoms with Crippen LogP contribution in [-0.4, -0.2) is 22.4 Å². The van der Waals surface area contributed by atoms with Crippen LogP contribution in [0.1, 0.15) is 56.0 Å². The molecule has 3 atom stereocenters. The Kier molecular flexibility index (Phi) is 2.97. The molecule has 1 N–H and O–H groups in total. The molecule has 0 spiro atoms. The van der Waals surface area contributed by atoms with Crippen LogP contribution in [-0.2, 0) is 11.2 Å². The van der Waals surface area contributed by atoms with Gasteiger partial charge in [0.05, 0.1) is 18.2 Å². The summed E-state index contributed by atoms with van der Waals surface area (Å²) in [4.78, 5) is 0. The summed E-state index contributed by atoms with van der Waals surface area (Å²) in [6.07, 6.45) is 7.67. The van der Waals surface area contributed by atoms with Gasteiger partial charge in [0, 0.05) is 24.1 Å². The van der Waals surface area contributed by atoms with Crippen LogP contribution in [0.3, 0.4) is 0 Å². The zero-order valence-corrected chi connectivity index (χ0v) is 10.4. The standard InChI is InChI=1S/C14H21NO2/c1-10(14-6-3-9-17-14)15-8-7-11-12(15)4-2-5-13(11)16/h7-8,10,13-14,16H,2-6,9H2,1H3. The molecule has 0 aromatic carbocycles. The van der Waals surface area contributed by atoms with E-state index in [0.29, 0.717) is 12.1 Å². The number of fused-ring (bicyclic) bond motifs is 1. The molecule has 0 bridgehead atoms. The molecule has 2 heterocycles. The van der Waals surface area contributed by atoms with Crippen molar-refractivity contribution in [3.05, 3.63) is 23.5 Å². The molecule has 2 aliphatic rings. The molecule has 1 aromatic rings. The van der Waals surface area contributed by atoms with Crippen molar-refractivity contribution in [2.24, 2.45) is 0 Å². The number of aliphatic hydroxyl groups excluding tert-OH is 1. The molecule has 3 nitrogen and oxygen atoms in total. The average molecular weight is 235 g/mol. The predicted octanol–water partition coefficient (Wildman–Crippen LogP) is 2.60. The molecule has 3 unspecified atom stereocenters. The van der Waals surface area contributed by atoms with E-state index in [4.69, 9.17) is 4.74 Å². The van der Waals surface area contributed by atoms with Crippen molar-refractivity contribution in [3.63, 3.8) is 0 Å². The molecule has 3 rings (SSSR count). The van der Waals surface area contributed by atoms with Crippen molar-refractivity contribution in [2.45, 2.75) is 57.3 Å². The van der Waals surface area contributed by atoms with E-state index in [9.17, 15) is 5.11 Å². The zero-order chi connectivity index (χ0) is 11.8. The topological polar surface area (TPSA) is 34.4 Å². The maximum absolute atomic E-state index is 9.98. The lowest BCUT2D eigenvalue weighted by atomic mass is 9.95. The number of hydrogen-bond donors (Lipinski definition) is 1. The van der Waals surface area contributed by atoms with Gasteiger partial charge in [-0.3, -0.25) is 0 Å². The fourth-order valence-electron chi connectivity index (χ4n) is 3.23. The molecule has 0 radical (unpaired) electrons. The highest BCUT2D eigenvalue weighted by Gasteiger charge is 2.28. The number of ether oxygens (including phenoxy) is 1. The van der Waals surface area contributed by atoms with Gasteiger partial charge >= 0.3 is 0 Å². The van der Waals surface area contributed by atoms with Gasteiger partial charge in [-0.2, -0.15) is 0 Å². The van der Waals surface area contributed by atoms with Crippen LogP contribution < -0.4 is 0 Å². The molecular formula is C14H21NO2. The van der Waals surface area contributed by atoms with Gasteiger partial charge < -0.3 is 14.4 Å².